The van der Waals surface area contributed by atoms with Crippen LogP contribution in [0, 0.1) is 5.92 Å². The van der Waals surface area contributed by atoms with Crippen molar-refractivity contribution in [3.8, 4) is 0 Å². The molecule has 1 aromatic carbocycles. The summed E-state index contributed by atoms with van der Waals surface area (Å²) in [5, 5.41) is 10.2. The van der Waals surface area contributed by atoms with Crippen molar-refractivity contribution in [1.82, 2.24) is 0 Å². The fourth-order valence-corrected chi connectivity index (χ4v) is 2.82. The van der Waals surface area contributed by atoms with E-state index >= 15 is 0 Å². The molecule has 0 aromatic heterocycles. The lowest BCUT2D eigenvalue weighted by Gasteiger charge is -2.23. The van der Waals surface area contributed by atoms with Gasteiger partial charge in [0, 0.05) is 0 Å². The summed E-state index contributed by atoms with van der Waals surface area (Å²) in [6.07, 6.45) is 4.54. The number of aliphatic hydroxyl groups is 1. The fraction of sp³-hybridized carbons (Fsp3) is 0.538. The van der Waals surface area contributed by atoms with E-state index in [1.54, 1.807) is 0 Å². The maximum absolute atomic E-state index is 10.2. The topological polar surface area (TPSA) is 20.2 Å². The first-order valence-electron chi connectivity index (χ1n) is 5.70. The lowest BCUT2D eigenvalue weighted by Crippen LogP contribution is -2.22. The van der Waals surface area contributed by atoms with Gasteiger partial charge in [0.15, 0.2) is 0 Å². The van der Waals surface area contributed by atoms with Crippen LogP contribution in [0.15, 0.2) is 30.3 Å². The number of benzene rings is 1. The molecular weight excluding hydrogens is 204 g/mol. The van der Waals surface area contributed by atoms with Crippen LogP contribution in [0.1, 0.15) is 36.5 Å². The molecule has 0 unspecified atom stereocenters. The maximum Gasteiger partial charge on any atom is 0.0725 e. The first-order valence-corrected chi connectivity index (χ1v) is 6.22. The van der Waals surface area contributed by atoms with E-state index in [9.17, 15) is 5.11 Å². The lowest BCUT2D eigenvalue weighted by molar-refractivity contribution is 0.108. The fourth-order valence-electron chi connectivity index (χ4n) is 2.40. The van der Waals surface area contributed by atoms with Gasteiger partial charge in [0.1, 0.15) is 0 Å². The Morgan fingerprint density at radius 2 is 1.73 bits per heavy atom. The second kappa shape index (κ2) is 5.04. The Kier molecular flexibility index (Phi) is 3.71. The van der Waals surface area contributed by atoms with Crippen LogP contribution >= 0.6 is 12.6 Å². The van der Waals surface area contributed by atoms with Gasteiger partial charge in [-0.05, 0) is 24.3 Å². The van der Waals surface area contributed by atoms with Gasteiger partial charge in [0.05, 0.1) is 11.4 Å². The molecule has 0 aliphatic heterocycles. The first-order chi connectivity index (χ1) is 7.29. The predicted octanol–water partition coefficient (Wildman–Crippen LogP) is 3.21. The average Bonchev–Trinajstić information content (AvgIpc) is 2.82. The number of rotatable bonds is 3. The molecule has 15 heavy (non-hydrogen) atoms. The standard InChI is InChI=1S/C13H18OS/c14-12(10-6-4-5-7-10)13(15)11-8-2-1-3-9-11/h1-3,8-10,12-15H,4-7H2/t12-,13-/m0/s1. The summed E-state index contributed by atoms with van der Waals surface area (Å²) in [5.74, 6) is 0.452. The van der Waals surface area contributed by atoms with Crippen LogP contribution in [0.4, 0.5) is 0 Å². The van der Waals surface area contributed by atoms with E-state index in [2.05, 4.69) is 12.6 Å². The molecule has 0 heterocycles. The molecule has 0 radical (unpaired) electrons. The van der Waals surface area contributed by atoms with Crippen LogP contribution in [0.25, 0.3) is 0 Å². The lowest BCUT2D eigenvalue weighted by atomic mass is 9.94. The quantitative estimate of drug-likeness (QED) is 0.752. The second-order valence-corrected chi connectivity index (χ2v) is 4.95. The van der Waals surface area contributed by atoms with E-state index in [-0.39, 0.29) is 11.4 Å². The summed E-state index contributed by atoms with van der Waals surface area (Å²) in [7, 11) is 0. The second-order valence-electron chi connectivity index (χ2n) is 4.39. The highest BCUT2D eigenvalue weighted by molar-refractivity contribution is 7.80. The third-order valence-electron chi connectivity index (χ3n) is 3.35. The van der Waals surface area contributed by atoms with Crippen LogP contribution in [-0.2, 0) is 0 Å². The summed E-state index contributed by atoms with van der Waals surface area (Å²) in [6, 6.07) is 10.1. The molecule has 1 fully saturated rings. The molecule has 0 saturated heterocycles. The number of hydrogen-bond donors (Lipinski definition) is 2. The van der Waals surface area contributed by atoms with Crippen LogP contribution in [-0.4, -0.2) is 11.2 Å². The summed E-state index contributed by atoms with van der Waals surface area (Å²) in [5.41, 5.74) is 1.13. The summed E-state index contributed by atoms with van der Waals surface area (Å²) < 4.78 is 0. The van der Waals surface area contributed by atoms with Crippen molar-refractivity contribution in [2.75, 3.05) is 0 Å². The smallest absolute Gasteiger partial charge is 0.0725 e. The molecule has 1 aliphatic rings. The molecule has 2 rings (SSSR count). The van der Waals surface area contributed by atoms with Gasteiger partial charge < -0.3 is 5.11 Å². The monoisotopic (exact) mass is 222 g/mol. The van der Waals surface area contributed by atoms with E-state index in [1.807, 2.05) is 30.3 Å². The number of thiol groups is 1. The largest absolute Gasteiger partial charge is 0.391 e. The van der Waals surface area contributed by atoms with Crippen molar-refractivity contribution in [3.05, 3.63) is 35.9 Å². The Balaban J connectivity index is 2.03. The molecule has 1 aliphatic carbocycles. The minimum atomic E-state index is -0.293. The molecule has 0 spiro atoms. The van der Waals surface area contributed by atoms with Crippen molar-refractivity contribution in [2.24, 2.45) is 5.92 Å². The molecule has 82 valence electrons. The van der Waals surface area contributed by atoms with Crippen molar-refractivity contribution in [2.45, 2.75) is 37.0 Å². The van der Waals surface area contributed by atoms with Gasteiger partial charge in [-0.1, -0.05) is 43.2 Å². The van der Waals surface area contributed by atoms with E-state index in [4.69, 9.17) is 0 Å². The van der Waals surface area contributed by atoms with E-state index in [0.717, 1.165) is 18.4 Å². The SMILES string of the molecule is O[C@@H](C1CCCC1)[C@@H](S)c1ccccc1. The Bertz CT molecular complexity index is 293. The number of aliphatic hydroxyl groups excluding tert-OH is 1. The molecule has 0 bridgehead atoms. The Labute approximate surface area is 96.9 Å². The van der Waals surface area contributed by atoms with Gasteiger partial charge in [-0.3, -0.25) is 0 Å². The van der Waals surface area contributed by atoms with E-state index in [1.165, 1.54) is 12.8 Å². The van der Waals surface area contributed by atoms with Crippen LogP contribution in [0.5, 0.6) is 0 Å². The van der Waals surface area contributed by atoms with Gasteiger partial charge in [0.25, 0.3) is 0 Å². The molecule has 1 N–H and O–H groups in total. The Hall–Kier alpha value is -0.470. The van der Waals surface area contributed by atoms with Crippen LogP contribution in [0.3, 0.4) is 0 Å². The highest BCUT2D eigenvalue weighted by Gasteiger charge is 2.28. The Morgan fingerprint density at radius 1 is 1.13 bits per heavy atom. The van der Waals surface area contributed by atoms with Gasteiger partial charge in [-0.15, -0.1) is 0 Å². The van der Waals surface area contributed by atoms with Crippen LogP contribution in [0.2, 0.25) is 0 Å². The highest BCUT2D eigenvalue weighted by atomic mass is 32.1. The molecule has 1 saturated carbocycles. The van der Waals surface area contributed by atoms with Gasteiger partial charge in [-0.25, -0.2) is 0 Å². The first kappa shape index (κ1) is 11.0. The van der Waals surface area contributed by atoms with Crippen molar-refractivity contribution < 1.29 is 5.11 Å². The summed E-state index contributed by atoms with van der Waals surface area (Å²) >= 11 is 4.54. The Morgan fingerprint density at radius 3 is 2.33 bits per heavy atom. The van der Waals surface area contributed by atoms with Crippen molar-refractivity contribution >= 4 is 12.6 Å². The third-order valence-corrected chi connectivity index (χ3v) is 3.95. The molecule has 1 nitrogen and oxygen atoms in total. The summed E-state index contributed by atoms with van der Waals surface area (Å²) in [6.45, 7) is 0. The zero-order chi connectivity index (χ0) is 10.7. The zero-order valence-electron chi connectivity index (χ0n) is 8.84. The van der Waals surface area contributed by atoms with Gasteiger partial charge in [-0.2, -0.15) is 12.6 Å². The molecule has 2 atom stereocenters. The molecule has 0 amide bonds. The highest BCUT2D eigenvalue weighted by Crippen LogP contribution is 2.36. The molecule has 1 aromatic rings. The van der Waals surface area contributed by atoms with E-state index in [0.29, 0.717) is 5.92 Å². The number of hydrogen-bond acceptors (Lipinski definition) is 2. The van der Waals surface area contributed by atoms with E-state index < -0.39 is 0 Å². The minimum Gasteiger partial charge on any atom is -0.391 e. The van der Waals surface area contributed by atoms with Gasteiger partial charge >= 0.3 is 0 Å². The van der Waals surface area contributed by atoms with Crippen molar-refractivity contribution in [1.29, 1.82) is 0 Å². The summed E-state index contributed by atoms with van der Waals surface area (Å²) in [4.78, 5) is 0. The normalized spacial score (nSPS) is 21.5. The minimum absolute atomic E-state index is 0.0331. The van der Waals surface area contributed by atoms with Gasteiger partial charge in [0.2, 0.25) is 0 Å². The predicted molar refractivity (Wildman–Crippen MR) is 66.1 cm³/mol. The van der Waals surface area contributed by atoms with Crippen molar-refractivity contribution in [3.63, 3.8) is 0 Å². The maximum atomic E-state index is 10.2. The average molecular weight is 222 g/mol. The molecule has 2 heteroatoms. The van der Waals surface area contributed by atoms with Crippen LogP contribution < -0.4 is 0 Å². The third kappa shape index (κ3) is 2.56. The molecular formula is C13H18OS. The zero-order valence-corrected chi connectivity index (χ0v) is 9.74.